The molecule has 1 aliphatic heterocycles. The summed E-state index contributed by atoms with van der Waals surface area (Å²) in [5, 5.41) is 0. The number of alkyl halides is 1. The molecule has 1 aliphatic rings. The first-order valence-electron chi connectivity index (χ1n) is 4.12. The fourth-order valence-corrected chi connectivity index (χ4v) is 1.65. The van der Waals surface area contributed by atoms with Gasteiger partial charge in [-0.3, -0.25) is 4.79 Å². The molecule has 0 unspecified atom stereocenters. The lowest BCUT2D eigenvalue weighted by atomic mass is 10.1. The molecule has 5 heteroatoms. The molecule has 74 valence electrons. The van der Waals surface area contributed by atoms with Gasteiger partial charge in [0.15, 0.2) is 0 Å². The van der Waals surface area contributed by atoms with Crippen LogP contribution in [0, 0.1) is 5.92 Å². The topological polar surface area (TPSA) is 46.6 Å². The third kappa shape index (κ3) is 2.12. The lowest BCUT2D eigenvalue weighted by molar-refractivity contribution is -0.126. The number of carbonyl (C=O) groups is 2. The summed E-state index contributed by atoms with van der Waals surface area (Å²) in [6, 6.07) is -0.0882. The van der Waals surface area contributed by atoms with Crippen LogP contribution in [-0.2, 0) is 9.53 Å². The Morgan fingerprint density at radius 3 is 2.85 bits per heavy atom. The Morgan fingerprint density at radius 2 is 2.38 bits per heavy atom. The summed E-state index contributed by atoms with van der Waals surface area (Å²) in [7, 11) is 0. The molecule has 0 N–H and O–H groups in total. The van der Waals surface area contributed by atoms with Gasteiger partial charge in [0.2, 0.25) is 5.91 Å². The van der Waals surface area contributed by atoms with E-state index in [-0.39, 0.29) is 17.9 Å². The van der Waals surface area contributed by atoms with Crippen molar-refractivity contribution in [3.63, 3.8) is 0 Å². The zero-order valence-corrected chi connectivity index (χ0v) is 9.78. The maximum absolute atomic E-state index is 11.4. The zero-order valence-electron chi connectivity index (χ0n) is 7.62. The molecule has 4 nitrogen and oxygen atoms in total. The second-order valence-corrected chi connectivity index (χ2v) is 4.05. The average Bonchev–Trinajstić information content (AvgIpc) is 2.46. The van der Waals surface area contributed by atoms with Crippen LogP contribution in [0.2, 0.25) is 0 Å². The first kappa shape index (κ1) is 10.7. The van der Waals surface area contributed by atoms with Crippen molar-refractivity contribution in [3.05, 3.63) is 0 Å². The minimum Gasteiger partial charge on any atom is -0.447 e. The maximum Gasteiger partial charge on any atom is 0.417 e. The van der Waals surface area contributed by atoms with Gasteiger partial charge in [-0.05, 0) is 5.92 Å². The molecule has 1 heterocycles. The second-order valence-electron chi connectivity index (χ2n) is 3.29. The number of nitrogens with zero attached hydrogens (tertiary/aromatic N) is 1. The number of halogens is 1. The van der Waals surface area contributed by atoms with Crippen molar-refractivity contribution in [2.24, 2.45) is 5.92 Å². The number of hydrogen-bond donors (Lipinski definition) is 0. The van der Waals surface area contributed by atoms with E-state index >= 15 is 0 Å². The lowest BCUT2D eigenvalue weighted by Crippen LogP contribution is -2.42. The SMILES string of the molecule is CC(C)[C@H]1COC(=O)N1C(=O)CI. The van der Waals surface area contributed by atoms with Crippen molar-refractivity contribution >= 4 is 34.6 Å². The minimum absolute atomic E-state index is 0.0882. The summed E-state index contributed by atoms with van der Waals surface area (Å²) >= 11 is 1.95. The summed E-state index contributed by atoms with van der Waals surface area (Å²) in [6.45, 7) is 4.28. The Labute approximate surface area is 90.7 Å². The number of rotatable bonds is 2. The Morgan fingerprint density at radius 1 is 1.77 bits per heavy atom. The molecule has 0 radical (unpaired) electrons. The van der Waals surface area contributed by atoms with E-state index in [1.165, 1.54) is 4.90 Å². The van der Waals surface area contributed by atoms with E-state index in [1.807, 2.05) is 36.4 Å². The molecule has 1 atom stereocenters. The van der Waals surface area contributed by atoms with Crippen LogP contribution in [0.15, 0.2) is 0 Å². The van der Waals surface area contributed by atoms with Gasteiger partial charge in [0, 0.05) is 0 Å². The summed E-state index contributed by atoms with van der Waals surface area (Å²) < 4.78 is 5.14. The fraction of sp³-hybridized carbons (Fsp3) is 0.750. The molecule has 0 spiro atoms. The summed E-state index contributed by atoms with van der Waals surface area (Å²) in [4.78, 5) is 23.8. The zero-order chi connectivity index (χ0) is 10.0. The predicted molar refractivity (Wildman–Crippen MR) is 55.7 cm³/mol. The number of ether oxygens (including phenoxy) is 1. The van der Waals surface area contributed by atoms with E-state index in [2.05, 4.69) is 0 Å². The van der Waals surface area contributed by atoms with E-state index in [0.717, 1.165) is 0 Å². The molecule has 0 aliphatic carbocycles. The van der Waals surface area contributed by atoms with Gasteiger partial charge in [-0.15, -0.1) is 0 Å². The molecule has 1 saturated heterocycles. The van der Waals surface area contributed by atoms with Gasteiger partial charge in [0.05, 0.1) is 10.5 Å². The number of hydrogen-bond acceptors (Lipinski definition) is 3. The van der Waals surface area contributed by atoms with Gasteiger partial charge in [-0.25, -0.2) is 9.69 Å². The monoisotopic (exact) mass is 297 g/mol. The smallest absolute Gasteiger partial charge is 0.417 e. The number of cyclic esters (lactones) is 1. The second kappa shape index (κ2) is 4.26. The normalized spacial score (nSPS) is 22.3. The fourth-order valence-electron chi connectivity index (χ4n) is 1.28. The molecule has 0 aromatic carbocycles. The van der Waals surface area contributed by atoms with Crippen molar-refractivity contribution in [1.29, 1.82) is 0 Å². The highest BCUT2D eigenvalue weighted by molar-refractivity contribution is 14.1. The van der Waals surface area contributed by atoms with E-state index in [9.17, 15) is 9.59 Å². The Bertz CT molecular complexity index is 229. The van der Waals surface area contributed by atoms with Crippen LogP contribution in [0.3, 0.4) is 0 Å². The third-order valence-electron chi connectivity index (χ3n) is 2.06. The first-order chi connectivity index (χ1) is 6.07. The molecular weight excluding hydrogens is 285 g/mol. The minimum atomic E-state index is -0.500. The number of amides is 2. The highest BCUT2D eigenvalue weighted by Crippen LogP contribution is 2.19. The van der Waals surface area contributed by atoms with E-state index in [4.69, 9.17) is 4.74 Å². The third-order valence-corrected chi connectivity index (χ3v) is 2.71. The molecule has 0 bridgehead atoms. The highest BCUT2D eigenvalue weighted by atomic mass is 127. The molecule has 0 aromatic heterocycles. The number of carbonyl (C=O) groups excluding carboxylic acids is 2. The summed E-state index contributed by atoms with van der Waals surface area (Å²) in [5.41, 5.74) is 0. The summed E-state index contributed by atoms with van der Waals surface area (Å²) in [6.07, 6.45) is -0.500. The van der Waals surface area contributed by atoms with Crippen LogP contribution in [-0.4, -0.2) is 34.0 Å². The van der Waals surface area contributed by atoms with E-state index in [0.29, 0.717) is 11.0 Å². The molecule has 1 rings (SSSR count). The van der Waals surface area contributed by atoms with Crippen molar-refractivity contribution in [3.8, 4) is 0 Å². The van der Waals surface area contributed by atoms with Crippen LogP contribution in [0.4, 0.5) is 4.79 Å². The molecule has 0 aromatic rings. The number of imide groups is 1. The quantitative estimate of drug-likeness (QED) is 0.572. The first-order valence-corrected chi connectivity index (χ1v) is 5.65. The van der Waals surface area contributed by atoms with Crippen molar-refractivity contribution in [2.45, 2.75) is 19.9 Å². The van der Waals surface area contributed by atoms with Crippen LogP contribution in [0.25, 0.3) is 0 Å². The van der Waals surface area contributed by atoms with Gasteiger partial charge in [-0.1, -0.05) is 36.4 Å². The van der Waals surface area contributed by atoms with Gasteiger partial charge in [0.25, 0.3) is 0 Å². The van der Waals surface area contributed by atoms with E-state index < -0.39 is 6.09 Å². The Kier molecular flexibility index (Phi) is 3.52. The largest absolute Gasteiger partial charge is 0.447 e. The van der Waals surface area contributed by atoms with Gasteiger partial charge in [0.1, 0.15) is 6.61 Å². The van der Waals surface area contributed by atoms with Gasteiger partial charge >= 0.3 is 6.09 Å². The van der Waals surface area contributed by atoms with Crippen LogP contribution >= 0.6 is 22.6 Å². The van der Waals surface area contributed by atoms with Crippen LogP contribution in [0.5, 0.6) is 0 Å². The summed E-state index contributed by atoms with van der Waals surface area (Å²) in [5.74, 6) is 0.0835. The van der Waals surface area contributed by atoms with E-state index in [1.54, 1.807) is 0 Å². The molecule has 0 saturated carbocycles. The average molecular weight is 297 g/mol. The predicted octanol–water partition coefficient (Wildman–Crippen LogP) is 1.42. The van der Waals surface area contributed by atoms with Crippen molar-refractivity contribution < 1.29 is 14.3 Å². The molecule has 13 heavy (non-hydrogen) atoms. The van der Waals surface area contributed by atoms with Crippen LogP contribution in [0.1, 0.15) is 13.8 Å². The Hall–Kier alpha value is -0.330. The standard InChI is InChI=1S/C8H12INO3/c1-5(2)6-4-13-8(12)10(6)7(11)3-9/h5-6H,3-4H2,1-2H3/t6-/m1/s1. The van der Waals surface area contributed by atoms with Crippen LogP contribution < -0.4 is 0 Å². The van der Waals surface area contributed by atoms with Gasteiger partial charge < -0.3 is 4.74 Å². The molecule has 1 fully saturated rings. The lowest BCUT2D eigenvalue weighted by Gasteiger charge is -2.21. The highest BCUT2D eigenvalue weighted by Gasteiger charge is 2.38. The van der Waals surface area contributed by atoms with Crippen molar-refractivity contribution in [2.75, 3.05) is 11.0 Å². The maximum atomic E-state index is 11.4. The Balaban J connectivity index is 2.77. The van der Waals surface area contributed by atoms with Gasteiger partial charge in [-0.2, -0.15) is 0 Å². The molecule has 2 amide bonds. The van der Waals surface area contributed by atoms with Crippen molar-refractivity contribution in [1.82, 2.24) is 4.90 Å². The molecular formula is C8H12INO3.